The van der Waals surface area contributed by atoms with Crippen LogP contribution in [0.25, 0.3) is 0 Å². The number of rotatable bonds is 5. The predicted octanol–water partition coefficient (Wildman–Crippen LogP) is 2.11. The van der Waals surface area contributed by atoms with Crippen LogP contribution in [0.1, 0.15) is 5.56 Å². The molecule has 0 saturated heterocycles. The topological polar surface area (TPSA) is 72.0 Å². The lowest BCUT2D eigenvalue weighted by Crippen LogP contribution is -2.19. The molecule has 1 aromatic heterocycles. The molecule has 7 heteroatoms. The Hall–Kier alpha value is -1.66. The fourth-order valence-electron chi connectivity index (χ4n) is 1.50. The van der Waals surface area contributed by atoms with Crippen molar-refractivity contribution in [3.63, 3.8) is 0 Å². The van der Waals surface area contributed by atoms with Crippen LogP contribution in [0.5, 0.6) is 0 Å². The quantitative estimate of drug-likeness (QED) is 0.858. The van der Waals surface area contributed by atoms with E-state index in [-0.39, 0.29) is 16.7 Å². The van der Waals surface area contributed by atoms with Crippen molar-refractivity contribution in [2.45, 2.75) is 6.42 Å². The number of sulfonamides is 1. The van der Waals surface area contributed by atoms with Crippen LogP contribution >= 0.6 is 11.6 Å². The molecule has 2 aromatic rings. The van der Waals surface area contributed by atoms with Crippen LogP contribution in [-0.2, 0) is 16.4 Å². The number of nitrogens with zero attached hydrogens (tertiary/aromatic N) is 2. The van der Waals surface area contributed by atoms with E-state index in [4.69, 9.17) is 11.6 Å². The Bertz CT molecular complexity index is 647. The molecular weight excluding hydrogens is 286 g/mol. The van der Waals surface area contributed by atoms with Gasteiger partial charge in [-0.3, -0.25) is 4.72 Å². The summed E-state index contributed by atoms with van der Waals surface area (Å²) in [6.45, 7) is 0. The number of hydrogen-bond acceptors (Lipinski definition) is 4. The molecule has 0 atom stereocenters. The number of anilines is 1. The lowest BCUT2D eigenvalue weighted by Gasteiger charge is -2.07. The Morgan fingerprint density at radius 3 is 2.58 bits per heavy atom. The molecule has 0 aliphatic heterocycles. The van der Waals surface area contributed by atoms with Crippen LogP contribution in [0.4, 0.5) is 5.82 Å². The maximum atomic E-state index is 11.9. The first kappa shape index (κ1) is 13.8. The summed E-state index contributed by atoms with van der Waals surface area (Å²) in [5.41, 5.74) is 0.966. The number of aromatic nitrogens is 2. The van der Waals surface area contributed by atoms with Crippen LogP contribution in [0, 0.1) is 0 Å². The van der Waals surface area contributed by atoms with Crippen molar-refractivity contribution in [2.75, 3.05) is 10.5 Å². The molecule has 19 heavy (non-hydrogen) atoms. The van der Waals surface area contributed by atoms with Gasteiger partial charge in [0.05, 0.1) is 5.75 Å². The molecule has 0 fully saturated rings. The van der Waals surface area contributed by atoms with Gasteiger partial charge in [0.15, 0.2) is 0 Å². The lowest BCUT2D eigenvalue weighted by molar-refractivity contribution is 0.600. The summed E-state index contributed by atoms with van der Waals surface area (Å²) in [6, 6.07) is 10.8. The average Bonchev–Trinajstić information content (AvgIpc) is 2.37. The molecular formula is C12H12ClN3O2S. The molecule has 0 unspecified atom stereocenters. The van der Waals surface area contributed by atoms with E-state index in [0.717, 1.165) is 5.56 Å². The highest BCUT2D eigenvalue weighted by molar-refractivity contribution is 7.92. The van der Waals surface area contributed by atoms with Crippen LogP contribution in [-0.4, -0.2) is 24.1 Å². The Labute approximate surface area is 116 Å². The normalized spacial score (nSPS) is 11.2. The molecule has 0 radical (unpaired) electrons. The minimum atomic E-state index is -3.45. The number of nitrogens with one attached hydrogen (secondary N) is 1. The number of aryl methyl sites for hydroxylation is 1. The van der Waals surface area contributed by atoms with Gasteiger partial charge in [0, 0.05) is 6.07 Å². The minimum absolute atomic E-state index is 0.0152. The van der Waals surface area contributed by atoms with Crippen molar-refractivity contribution >= 4 is 27.4 Å². The molecule has 1 aromatic carbocycles. The third-order valence-corrected chi connectivity index (χ3v) is 3.86. The zero-order valence-electron chi connectivity index (χ0n) is 9.95. The van der Waals surface area contributed by atoms with Gasteiger partial charge in [-0.25, -0.2) is 18.4 Å². The zero-order chi connectivity index (χ0) is 13.7. The van der Waals surface area contributed by atoms with Gasteiger partial charge in [-0.15, -0.1) is 0 Å². The van der Waals surface area contributed by atoms with Crippen LogP contribution in [0.15, 0.2) is 42.7 Å². The van der Waals surface area contributed by atoms with Gasteiger partial charge in [0.25, 0.3) is 0 Å². The standard InChI is InChI=1S/C12H12ClN3O2S/c13-11-8-12(15-9-14-11)16-19(17,18)7-6-10-4-2-1-3-5-10/h1-5,8-9H,6-7H2,(H,14,15,16). The third-order valence-electron chi connectivity index (χ3n) is 2.40. The highest BCUT2D eigenvalue weighted by Gasteiger charge is 2.11. The first-order valence-corrected chi connectivity index (χ1v) is 7.60. The molecule has 2 rings (SSSR count). The smallest absolute Gasteiger partial charge is 0.234 e. The highest BCUT2D eigenvalue weighted by atomic mass is 35.5. The SMILES string of the molecule is O=S(=O)(CCc1ccccc1)Nc1cc(Cl)ncn1. The highest BCUT2D eigenvalue weighted by Crippen LogP contribution is 2.11. The largest absolute Gasteiger partial charge is 0.267 e. The van der Waals surface area contributed by atoms with Crippen LogP contribution < -0.4 is 4.72 Å². The van der Waals surface area contributed by atoms with Crippen molar-refractivity contribution in [3.05, 3.63) is 53.4 Å². The van der Waals surface area contributed by atoms with Crippen molar-refractivity contribution in [1.82, 2.24) is 9.97 Å². The molecule has 0 saturated carbocycles. The van der Waals surface area contributed by atoms with Gasteiger partial charge in [-0.2, -0.15) is 0 Å². The summed E-state index contributed by atoms with van der Waals surface area (Å²) in [4.78, 5) is 7.48. The molecule has 5 nitrogen and oxygen atoms in total. The monoisotopic (exact) mass is 297 g/mol. The fourth-order valence-corrected chi connectivity index (χ4v) is 2.68. The Morgan fingerprint density at radius 2 is 1.89 bits per heavy atom. The van der Waals surface area contributed by atoms with Crippen LogP contribution in [0.3, 0.4) is 0 Å². The van der Waals surface area contributed by atoms with Gasteiger partial charge >= 0.3 is 0 Å². The number of hydrogen-bond donors (Lipinski definition) is 1. The Kier molecular flexibility index (Phi) is 4.34. The van der Waals surface area contributed by atoms with E-state index in [1.54, 1.807) is 0 Å². The molecule has 1 N–H and O–H groups in total. The van der Waals surface area contributed by atoms with Crippen molar-refractivity contribution in [1.29, 1.82) is 0 Å². The second-order valence-corrected chi connectivity index (χ2v) is 6.11. The summed E-state index contributed by atoms with van der Waals surface area (Å²) >= 11 is 5.66. The van der Waals surface area contributed by atoms with E-state index >= 15 is 0 Å². The predicted molar refractivity (Wildman–Crippen MR) is 74.6 cm³/mol. The Morgan fingerprint density at radius 1 is 1.16 bits per heavy atom. The second kappa shape index (κ2) is 5.99. The molecule has 0 amide bonds. The minimum Gasteiger partial charge on any atom is -0.267 e. The van der Waals surface area contributed by atoms with Crippen LogP contribution in [0.2, 0.25) is 5.15 Å². The summed E-state index contributed by atoms with van der Waals surface area (Å²) in [5, 5.41) is 0.191. The molecule has 0 aliphatic carbocycles. The van der Waals surface area contributed by atoms with Crippen molar-refractivity contribution < 1.29 is 8.42 Å². The molecule has 0 aliphatic rings. The van der Waals surface area contributed by atoms with Gasteiger partial charge in [0.2, 0.25) is 10.0 Å². The third kappa shape index (κ3) is 4.50. The van der Waals surface area contributed by atoms with E-state index < -0.39 is 10.0 Å². The molecule has 0 bridgehead atoms. The molecule has 0 spiro atoms. The molecule has 1 heterocycles. The van der Waals surface area contributed by atoms with Gasteiger partial charge < -0.3 is 0 Å². The van der Waals surface area contributed by atoms with Crippen molar-refractivity contribution in [2.24, 2.45) is 0 Å². The fraction of sp³-hybridized carbons (Fsp3) is 0.167. The zero-order valence-corrected chi connectivity index (χ0v) is 11.5. The number of halogens is 1. The van der Waals surface area contributed by atoms with E-state index in [1.165, 1.54) is 12.4 Å². The van der Waals surface area contributed by atoms with Gasteiger partial charge in [0.1, 0.15) is 17.3 Å². The van der Waals surface area contributed by atoms with Crippen molar-refractivity contribution in [3.8, 4) is 0 Å². The summed E-state index contributed by atoms with van der Waals surface area (Å²) in [5.74, 6) is 0.159. The van der Waals surface area contributed by atoms with E-state index in [9.17, 15) is 8.42 Å². The summed E-state index contributed by atoms with van der Waals surface area (Å²) < 4.78 is 26.1. The van der Waals surface area contributed by atoms with Gasteiger partial charge in [-0.05, 0) is 12.0 Å². The number of benzene rings is 1. The summed E-state index contributed by atoms with van der Waals surface area (Å²) in [7, 11) is -3.45. The Balaban J connectivity index is 1.99. The average molecular weight is 298 g/mol. The first-order chi connectivity index (χ1) is 9.05. The summed E-state index contributed by atoms with van der Waals surface area (Å²) in [6.07, 6.45) is 1.65. The second-order valence-electron chi connectivity index (χ2n) is 3.88. The maximum Gasteiger partial charge on any atom is 0.234 e. The first-order valence-electron chi connectivity index (χ1n) is 5.57. The van der Waals surface area contributed by atoms with E-state index in [2.05, 4.69) is 14.7 Å². The van der Waals surface area contributed by atoms with E-state index in [0.29, 0.717) is 6.42 Å². The van der Waals surface area contributed by atoms with Gasteiger partial charge in [-0.1, -0.05) is 41.9 Å². The van der Waals surface area contributed by atoms with E-state index in [1.807, 2.05) is 30.3 Å². The lowest BCUT2D eigenvalue weighted by atomic mass is 10.2. The maximum absolute atomic E-state index is 11.9. The molecule has 100 valence electrons.